The highest BCUT2D eigenvalue weighted by Crippen LogP contribution is 2.76. The van der Waals surface area contributed by atoms with Crippen molar-refractivity contribution in [1.82, 2.24) is 10.3 Å². The maximum absolute atomic E-state index is 16.6. The van der Waals surface area contributed by atoms with Crippen molar-refractivity contribution < 1.29 is 231 Å². The molecule has 46 unspecified atom stereocenters. The number of allylic oxidation sites excluding steroid dienone is 2. The number of likely N-dealkylation sites (tertiary alicyclic amines) is 1. The number of ether oxygens (including phenoxy) is 19. The van der Waals surface area contributed by atoms with E-state index in [-0.39, 0.29) is 81.6 Å². The Morgan fingerprint density at radius 1 is 0.490 bits per heavy atom. The molecule has 53 atom stereocenters. The summed E-state index contributed by atoms with van der Waals surface area (Å²) in [7, 11) is 0. The van der Waals surface area contributed by atoms with Crippen LogP contribution in [0, 0.1) is 56.2 Å². The number of imide groups is 1. The Labute approximate surface area is 839 Å². The molecule has 10 saturated heterocycles. The highest BCUT2D eigenvalue weighted by molar-refractivity contribution is 8.00. The summed E-state index contributed by atoms with van der Waals surface area (Å²) < 4.78 is 117. The van der Waals surface area contributed by atoms with Crippen molar-refractivity contribution in [2.24, 2.45) is 61.3 Å². The van der Waals surface area contributed by atoms with Crippen LogP contribution in [0.25, 0.3) is 0 Å². The van der Waals surface area contributed by atoms with Gasteiger partial charge in [-0.1, -0.05) is 66.5 Å². The SMILES string of the molecule is CC1OC(OC2C(C)OC(OC(=O)[C@]34CCC(C)(C)CC3C3=CCC5[C@@]6(C)CC[C@H](OC7OC(OC=O)C(O)C(OC8OCC(O)C(O)C8O)C7OC7OC(CO)C(O)C(O)C7O)[C@@](C)(/C=N/NC(=O)CCCCCN7C(=O)C[C@H](SCCO)C7=O)C6CC[C@@]5(C)[C@]3(C)CC4O)C(OC3OC(C)C(OC4OCC(O)C(OC5OC(CO)C(O)C(O)C5O)C4O)C(O)C3O)C2O)C(O)C(OC2OCC(O)C(O)C2O)C1C. The van der Waals surface area contributed by atoms with Crippen molar-refractivity contribution in [1.29, 1.82) is 0 Å². The summed E-state index contributed by atoms with van der Waals surface area (Å²) in [5.74, 6) is -4.35. The molecule has 3 amide bonds. The van der Waals surface area contributed by atoms with Crippen LogP contribution in [0.5, 0.6) is 0 Å². The molecule has 0 aromatic carbocycles. The zero-order valence-corrected chi connectivity index (χ0v) is 83.2. The van der Waals surface area contributed by atoms with E-state index in [0.717, 1.165) is 5.57 Å². The second-order valence-electron chi connectivity index (χ2n) is 43.6. The highest BCUT2D eigenvalue weighted by Gasteiger charge is 2.74. The largest absolute Gasteiger partial charge is 0.435 e. The average Bonchev–Trinajstić information content (AvgIpc) is 0.921. The molecule has 24 N–H and O–H groups in total. The molecular weight excluding hydrogens is 1960 g/mol. The Kier molecular flexibility index (Phi) is 36.7. The summed E-state index contributed by atoms with van der Waals surface area (Å²) >= 11 is 1.20. The maximum atomic E-state index is 16.6. The smallest absolute Gasteiger partial charge is 0.317 e. The van der Waals surface area contributed by atoms with Crippen molar-refractivity contribution in [3.8, 4) is 0 Å². The third-order valence-corrected chi connectivity index (χ3v) is 35.3. The van der Waals surface area contributed by atoms with E-state index in [1.54, 1.807) is 20.1 Å². The molecule has 0 aromatic rings. The lowest BCUT2D eigenvalue weighted by molar-refractivity contribution is -0.410. The third-order valence-electron chi connectivity index (χ3n) is 34.2. The van der Waals surface area contributed by atoms with Gasteiger partial charge >= 0.3 is 5.97 Å². The molecule has 5 aliphatic carbocycles. The minimum atomic E-state index is -2.21. The standard InChI is InChI=1S/C94H149N3O47S/c1-36-37(2)130-85(67(121)70(36)136-78-61(115)54(108)42(102)31-126-78)138-72-39(4)132-86(75(66(72)120)141-82-65(119)60(114)71(38(3)131-82)137-80-68(122)73(44(104)33-128-80)139-83-63(117)58(112)56(110)45(29-99)133-83)144-88(125)94-22-21-89(5,6)27-41(94)40-15-16-49-90(7)19-18-51(135-87-76(142-84-64(118)59(113)57(111)46(30-100)134-84)74(69(123)81(143-87)129-35-101)140-79-62(116)55(109)43(103)32-127-79)91(8,48(90)17-20-92(49,9)93(40,10)28-50(94)105)34-95-96-52(106)14-12-11-13-23-97-53(107)26-47(77(97)124)145-25-24-98/h15,34-39,41-51,54-76,78-87,98-100,102-105,108-123H,11-14,16-33H2,1-10H3,(H,96,106)/b95-34+/t36?,37?,38?,39?,41?,42?,43?,44?,45?,46?,47-,48?,49?,50?,51-,54?,55?,56?,57?,58?,59?,60?,61?,62?,63?,64?,65?,66?,67?,68?,69?,70?,71?,72?,73?,74?,75?,76?,78?,79?,80?,81?,82?,83?,84?,85?,86?,87?,90-,91-,92+,93+,94+/m0/s1. The average molecular weight is 2110 g/mol. The number of hydrazone groups is 1. The van der Waals surface area contributed by atoms with Gasteiger partial charge in [0.1, 0.15) is 164 Å². The fourth-order valence-corrected chi connectivity index (χ4v) is 26.2. The van der Waals surface area contributed by atoms with Crippen LogP contribution in [0.4, 0.5) is 0 Å². The maximum Gasteiger partial charge on any atom is 0.317 e. The van der Waals surface area contributed by atoms with Gasteiger partial charge in [0.25, 0.3) is 6.47 Å². The highest BCUT2D eigenvalue weighted by atomic mass is 32.2. The summed E-state index contributed by atoms with van der Waals surface area (Å²) in [5, 5.41) is 262. The molecule has 0 bridgehead atoms. The van der Waals surface area contributed by atoms with Crippen LogP contribution in [0.2, 0.25) is 0 Å². The van der Waals surface area contributed by atoms with Crippen LogP contribution in [0.1, 0.15) is 159 Å². The molecule has 15 rings (SSSR count). The van der Waals surface area contributed by atoms with E-state index in [2.05, 4.69) is 37.4 Å². The second-order valence-corrected chi connectivity index (χ2v) is 44.9. The van der Waals surface area contributed by atoms with Gasteiger partial charge < -0.3 is 207 Å². The molecule has 145 heavy (non-hydrogen) atoms. The molecular formula is C94H149N3O47S. The van der Waals surface area contributed by atoms with E-state index in [4.69, 9.17) is 90.0 Å². The number of aliphatic hydroxyl groups excluding tert-OH is 23. The van der Waals surface area contributed by atoms with Crippen molar-refractivity contribution in [3.05, 3.63) is 11.6 Å². The van der Waals surface area contributed by atoms with Crippen LogP contribution in [0.3, 0.4) is 0 Å². The van der Waals surface area contributed by atoms with E-state index in [1.807, 2.05) is 20.8 Å². The van der Waals surface area contributed by atoms with Crippen LogP contribution in [0.15, 0.2) is 16.8 Å². The Morgan fingerprint density at radius 3 is 1.62 bits per heavy atom. The Hall–Kier alpha value is -4.29. The Bertz CT molecular complexity index is 4410. The monoisotopic (exact) mass is 2100 g/mol. The predicted octanol–water partition coefficient (Wildman–Crippen LogP) is -8.03. The third kappa shape index (κ3) is 22.2. The number of hydrogen-bond acceptors (Lipinski definition) is 49. The fourth-order valence-electron chi connectivity index (χ4n) is 25.3. The summed E-state index contributed by atoms with van der Waals surface area (Å²) in [6.07, 6.45) is -70.5. The van der Waals surface area contributed by atoms with Gasteiger partial charge in [-0.05, 0) is 131 Å². The molecule has 15 aliphatic rings. The number of nitrogens with zero attached hydrogens (tertiary/aromatic N) is 2. The number of aliphatic hydroxyl groups is 23. The van der Waals surface area contributed by atoms with Gasteiger partial charge in [-0.3, -0.25) is 28.9 Å². The normalized spacial score (nSPS) is 50.7. The van der Waals surface area contributed by atoms with Gasteiger partial charge in [0.2, 0.25) is 30.3 Å². The molecule has 14 fully saturated rings. The molecule has 4 saturated carbocycles. The summed E-state index contributed by atoms with van der Waals surface area (Å²) in [5.41, 5.74) is -2.84. The number of thioether (sulfide) groups is 1. The Balaban J connectivity index is 0.724. The first-order chi connectivity index (χ1) is 68.5. The van der Waals surface area contributed by atoms with Gasteiger partial charge in [-0.25, -0.2) is 5.43 Å². The first-order valence-corrected chi connectivity index (χ1v) is 51.3. The van der Waals surface area contributed by atoms with Gasteiger partial charge in [-0.2, -0.15) is 5.10 Å². The number of amides is 3. The van der Waals surface area contributed by atoms with Gasteiger partial charge in [0, 0.05) is 42.7 Å². The number of unbranched alkanes of at least 4 members (excludes halogenated alkanes) is 2. The number of carbonyl (C=O) groups is 5. The number of hydrogen-bond donors (Lipinski definition) is 24. The van der Waals surface area contributed by atoms with E-state index < -0.39 is 365 Å². The van der Waals surface area contributed by atoms with Crippen LogP contribution >= 0.6 is 11.8 Å². The fraction of sp³-hybridized carbons (Fsp3) is 0.915. The van der Waals surface area contributed by atoms with Gasteiger partial charge in [0.15, 0.2) is 56.4 Å². The van der Waals surface area contributed by atoms with Gasteiger partial charge in [0.05, 0.1) is 81.5 Å². The molecule has 0 spiro atoms. The van der Waals surface area contributed by atoms with E-state index in [1.165, 1.54) is 30.5 Å². The van der Waals surface area contributed by atoms with E-state index >= 15 is 4.79 Å². The minimum Gasteiger partial charge on any atom is -0.435 e. The molecule has 0 radical (unpaired) electrons. The first-order valence-electron chi connectivity index (χ1n) is 50.2. The van der Waals surface area contributed by atoms with Crippen LogP contribution < -0.4 is 5.43 Å². The lowest BCUT2D eigenvalue weighted by Crippen LogP contribution is -2.69. The van der Waals surface area contributed by atoms with Crippen LogP contribution in [-0.2, 0) is 114 Å². The number of carbonyl (C=O) groups excluding carboxylic acids is 5. The predicted molar refractivity (Wildman–Crippen MR) is 482 cm³/mol. The van der Waals surface area contributed by atoms with Crippen molar-refractivity contribution in [2.45, 2.75) is 429 Å². The molecule has 10 heterocycles. The number of rotatable bonds is 33. The molecule has 0 aromatic heterocycles. The van der Waals surface area contributed by atoms with Gasteiger partial charge in [-0.15, -0.1) is 11.8 Å². The quantitative estimate of drug-likeness (QED) is 0.00424. The first kappa shape index (κ1) is 115. The second kappa shape index (κ2) is 46.4. The van der Waals surface area contributed by atoms with Crippen LogP contribution in [-0.4, -0.2) is 480 Å². The van der Waals surface area contributed by atoms with E-state index in [0.29, 0.717) is 51.4 Å². The topological polar surface area (TPSA) is 754 Å². The summed E-state index contributed by atoms with van der Waals surface area (Å²) in [6.45, 7) is 14.7. The molecule has 51 heteroatoms. The molecule has 50 nitrogen and oxygen atoms in total. The van der Waals surface area contributed by atoms with Crippen molar-refractivity contribution >= 4 is 48.1 Å². The number of nitrogens with one attached hydrogen (secondary N) is 1. The number of esters is 1. The lowest BCUT2D eigenvalue weighted by Gasteiger charge is -2.71. The van der Waals surface area contributed by atoms with Crippen molar-refractivity contribution in [2.75, 3.05) is 51.9 Å². The summed E-state index contributed by atoms with van der Waals surface area (Å²) in [6, 6.07) is 0. The zero-order valence-electron chi connectivity index (χ0n) is 82.4. The molecule has 828 valence electrons. The molecule has 10 aliphatic heterocycles. The number of fused-ring (bicyclic) bond motifs is 7. The lowest BCUT2D eigenvalue weighted by atomic mass is 9.33. The minimum absolute atomic E-state index is 0.00287. The van der Waals surface area contributed by atoms with E-state index in [9.17, 15) is 137 Å². The summed E-state index contributed by atoms with van der Waals surface area (Å²) in [4.78, 5) is 70.4. The Morgan fingerprint density at radius 2 is 1.01 bits per heavy atom. The zero-order chi connectivity index (χ0) is 105. The van der Waals surface area contributed by atoms with Crippen molar-refractivity contribution in [3.63, 3.8) is 0 Å².